The fourth-order valence-corrected chi connectivity index (χ4v) is 2.71. The maximum absolute atomic E-state index is 8.71. The van der Waals surface area contributed by atoms with Crippen molar-refractivity contribution in [2.24, 2.45) is 0 Å². The molecule has 4 nitrogen and oxygen atoms in total. The third-order valence-electron chi connectivity index (χ3n) is 2.08. The number of aromatic nitrogens is 2. The summed E-state index contributed by atoms with van der Waals surface area (Å²) in [5.41, 5.74) is 0. The SMILES string of the molecule is OCc1nc(CC2CCCS2)no1. The van der Waals surface area contributed by atoms with E-state index in [1.807, 2.05) is 11.8 Å². The lowest BCUT2D eigenvalue weighted by molar-refractivity contribution is 0.222. The molecular formula is C8H12N2O2S. The van der Waals surface area contributed by atoms with Crippen LogP contribution >= 0.6 is 11.8 Å². The molecule has 1 fully saturated rings. The highest BCUT2D eigenvalue weighted by atomic mass is 32.2. The molecule has 1 unspecified atom stereocenters. The van der Waals surface area contributed by atoms with E-state index in [1.165, 1.54) is 18.6 Å². The lowest BCUT2D eigenvalue weighted by Gasteiger charge is -2.02. The van der Waals surface area contributed by atoms with Crippen LogP contribution in [0.5, 0.6) is 0 Å². The van der Waals surface area contributed by atoms with Crippen LogP contribution in [0.15, 0.2) is 4.52 Å². The third-order valence-corrected chi connectivity index (χ3v) is 3.48. The van der Waals surface area contributed by atoms with Crippen molar-refractivity contribution in [3.63, 3.8) is 0 Å². The summed E-state index contributed by atoms with van der Waals surface area (Å²) >= 11 is 1.97. The highest BCUT2D eigenvalue weighted by Gasteiger charge is 2.18. The Morgan fingerprint density at radius 2 is 2.54 bits per heavy atom. The van der Waals surface area contributed by atoms with E-state index in [4.69, 9.17) is 9.63 Å². The average molecular weight is 200 g/mol. The molecule has 1 saturated heterocycles. The summed E-state index contributed by atoms with van der Waals surface area (Å²) in [6, 6.07) is 0. The largest absolute Gasteiger partial charge is 0.387 e. The van der Waals surface area contributed by atoms with Gasteiger partial charge in [-0.05, 0) is 18.6 Å². The molecule has 1 atom stereocenters. The summed E-state index contributed by atoms with van der Waals surface area (Å²) in [6.07, 6.45) is 3.40. The summed E-state index contributed by atoms with van der Waals surface area (Å²) in [4.78, 5) is 4.05. The highest BCUT2D eigenvalue weighted by molar-refractivity contribution is 8.00. The van der Waals surface area contributed by atoms with Gasteiger partial charge in [-0.3, -0.25) is 0 Å². The van der Waals surface area contributed by atoms with E-state index in [0.717, 1.165) is 12.2 Å². The van der Waals surface area contributed by atoms with Gasteiger partial charge in [0.05, 0.1) is 0 Å². The number of rotatable bonds is 3. The van der Waals surface area contributed by atoms with Crippen LogP contribution in [0.2, 0.25) is 0 Å². The zero-order valence-electron chi connectivity index (χ0n) is 7.27. The first-order chi connectivity index (χ1) is 6.38. The predicted molar refractivity (Wildman–Crippen MR) is 49.4 cm³/mol. The van der Waals surface area contributed by atoms with Gasteiger partial charge in [0.25, 0.3) is 5.89 Å². The van der Waals surface area contributed by atoms with E-state index >= 15 is 0 Å². The smallest absolute Gasteiger partial charge is 0.252 e. The van der Waals surface area contributed by atoms with Crippen molar-refractivity contribution in [2.75, 3.05) is 5.75 Å². The maximum Gasteiger partial charge on any atom is 0.252 e. The minimum absolute atomic E-state index is 0.162. The van der Waals surface area contributed by atoms with Gasteiger partial charge in [0.1, 0.15) is 6.61 Å². The van der Waals surface area contributed by atoms with Gasteiger partial charge in [0.15, 0.2) is 5.82 Å². The van der Waals surface area contributed by atoms with E-state index in [2.05, 4.69) is 10.1 Å². The second-order valence-electron chi connectivity index (χ2n) is 3.10. The standard InChI is InChI=1S/C8H12N2O2S/c11-5-8-9-7(10-12-8)4-6-2-1-3-13-6/h6,11H,1-5H2. The zero-order valence-corrected chi connectivity index (χ0v) is 8.09. The fraction of sp³-hybridized carbons (Fsp3) is 0.750. The summed E-state index contributed by atoms with van der Waals surface area (Å²) in [5.74, 6) is 2.29. The number of hydrogen-bond donors (Lipinski definition) is 1. The molecule has 72 valence electrons. The molecule has 2 heterocycles. The summed E-state index contributed by atoms with van der Waals surface area (Å²) in [6.45, 7) is -0.162. The van der Waals surface area contributed by atoms with Gasteiger partial charge in [0.2, 0.25) is 0 Å². The predicted octanol–water partition coefficient (Wildman–Crippen LogP) is 1.00. The van der Waals surface area contributed by atoms with Crippen LogP contribution in [-0.2, 0) is 13.0 Å². The summed E-state index contributed by atoms with van der Waals surface area (Å²) in [5, 5.41) is 13.1. The zero-order chi connectivity index (χ0) is 9.10. The molecule has 0 amide bonds. The molecule has 0 saturated carbocycles. The second kappa shape index (κ2) is 4.11. The van der Waals surface area contributed by atoms with Gasteiger partial charge < -0.3 is 9.63 Å². The number of aliphatic hydroxyl groups is 1. The van der Waals surface area contributed by atoms with Crippen LogP contribution in [0.25, 0.3) is 0 Å². The second-order valence-corrected chi connectivity index (χ2v) is 4.51. The number of nitrogens with zero attached hydrogens (tertiary/aromatic N) is 2. The van der Waals surface area contributed by atoms with Crippen LogP contribution in [-0.4, -0.2) is 26.2 Å². The third kappa shape index (κ3) is 2.22. The van der Waals surface area contributed by atoms with Crippen molar-refractivity contribution in [1.29, 1.82) is 0 Å². The van der Waals surface area contributed by atoms with Crippen LogP contribution in [0.1, 0.15) is 24.6 Å². The lowest BCUT2D eigenvalue weighted by Crippen LogP contribution is -2.03. The fourth-order valence-electron chi connectivity index (χ4n) is 1.45. The number of hydrogen-bond acceptors (Lipinski definition) is 5. The monoisotopic (exact) mass is 200 g/mol. The minimum atomic E-state index is -0.162. The summed E-state index contributed by atoms with van der Waals surface area (Å²) < 4.78 is 4.80. The van der Waals surface area contributed by atoms with Gasteiger partial charge in [-0.25, -0.2) is 0 Å². The molecule has 1 aromatic rings. The van der Waals surface area contributed by atoms with Crippen molar-refractivity contribution in [3.8, 4) is 0 Å². The van der Waals surface area contributed by atoms with Gasteiger partial charge in [-0.1, -0.05) is 5.16 Å². The molecule has 0 spiro atoms. The van der Waals surface area contributed by atoms with Crippen LogP contribution in [0, 0.1) is 0 Å². The number of thioether (sulfide) groups is 1. The van der Waals surface area contributed by atoms with Crippen molar-refractivity contribution in [2.45, 2.75) is 31.1 Å². The molecule has 0 aromatic carbocycles. The quantitative estimate of drug-likeness (QED) is 0.788. The Morgan fingerprint density at radius 1 is 1.62 bits per heavy atom. The Hall–Kier alpha value is -0.550. The molecule has 2 rings (SSSR count). The Labute approximate surface area is 80.7 Å². The molecule has 1 aliphatic heterocycles. The normalized spacial score (nSPS) is 22.4. The van der Waals surface area contributed by atoms with Crippen molar-refractivity contribution >= 4 is 11.8 Å². The lowest BCUT2D eigenvalue weighted by atomic mass is 10.2. The Morgan fingerprint density at radius 3 is 3.15 bits per heavy atom. The molecule has 0 bridgehead atoms. The molecule has 1 N–H and O–H groups in total. The van der Waals surface area contributed by atoms with E-state index < -0.39 is 0 Å². The Bertz CT molecular complexity index is 271. The summed E-state index contributed by atoms with van der Waals surface area (Å²) in [7, 11) is 0. The van der Waals surface area contributed by atoms with Crippen molar-refractivity contribution in [1.82, 2.24) is 10.1 Å². The van der Waals surface area contributed by atoms with E-state index in [9.17, 15) is 0 Å². The van der Waals surface area contributed by atoms with Gasteiger partial charge >= 0.3 is 0 Å². The van der Waals surface area contributed by atoms with Gasteiger partial charge in [0, 0.05) is 11.7 Å². The van der Waals surface area contributed by atoms with E-state index in [-0.39, 0.29) is 6.61 Å². The van der Waals surface area contributed by atoms with Gasteiger partial charge in [-0.2, -0.15) is 16.7 Å². The first kappa shape index (κ1) is 9.02. The first-order valence-electron chi connectivity index (χ1n) is 4.42. The maximum atomic E-state index is 8.71. The van der Waals surface area contributed by atoms with Crippen molar-refractivity contribution in [3.05, 3.63) is 11.7 Å². The molecule has 0 aliphatic carbocycles. The molecule has 1 aliphatic rings. The molecular weight excluding hydrogens is 188 g/mol. The minimum Gasteiger partial charge on any atom is -0.387 e. The van der Waals surface area contributed by atoms with Gasteiger partial charge in [-0.15, -0.1) is 0 Å². The highest BCUT2D eigenvalue weighted by Crippen LogP contribution is 2.28. The molecule has 13 heavy (non-hydrogen) atoms. The van der Waals surface area contributed by atoms with Crippen LogP contribution in [0.3, 0.4) is 0 Å². The molecule has 1 aromatic heterocycles. The van der Waals surface area contributed by atoms with Crippen LogP contribution in [0.4, 0.5) is 0 Å². The van der Waals surface area contributed by atoms with Crippen molar-refractivity contribution < 1.29 is 9.63 Å². The first-order valence-corrected chi connectivity index (χ1v) is 5.47. The Balaban J connectivity index is 1.92. The van der Waals surface area contributed by atoms with E-state index in [0.29, 0.717) is 11.1 Å². The van der Waals surface area contributed by atoms with E-state index in [1.54, 1.807) is 0 Å². The average Bonchev–Trinajstić information content (AvgIpc) is 2.76. The number of aliphatic hydroxyl groups excluding tert-OH is 1. The Kier molecular flexibility index (Phi) is 2.85. The van der Waals surface area contributed by atoms with Crippen LogP contribution < -0.4 is 0 Å². The molecule has 5 heteroatoms. The topological polar surface area (TPSA) is 59.2 Å². The molecule has 0 radical (unpaired) electrons.